The average molecular weight is 269 g/mol. The average Bonchev–Trinajstić information content (AvgIpc) is 2.94. The van der Waals surface area contributed by atoms with E-state index in [-0.39, 0.29) is 0 Å². The number of nitrogens with zero attached hydrogens (tertiary/aromatic N) is 4. The van der Waals surface area contributed by atoms with E-state index in [1.54, 1.807) is 0 Å². The van der Waals surface area contributed by atoms with E-state index in [1.165, 1.54) is 12.3 Å². The molecular weight excluding hydrogens is 252 g/mol. The van der Waals surface area contributed by atoms with Crippen molar-refractivity contribution in [1.82, 2.24) is 19.6 Å². The van der Waals surface area contributed by atoms with Crippen LogP contribution in [0.1, 0.15) is 31.3 Å². The molecule has 0 unspecified atom stereocenters. The fourth-order valence-corrected chi connectivity index (χ4v) is 1.87. The monoisotopic (exact) mass is 269 g/mol. The van der Waals surface area contributed by atoms with Gasteiger partial charge in [0.25, 0.3) is 0 Å². The number of hydrogen-bond acceptors (Lipinski definition) is 3. The van der Waals surface area contributed by atoms with Gasteiger partial charge in [0.1, 0.15) is 5.82 Å². The fraction of sp³-hybridized carbons (Fsp3) is 0.500. The van der Waals surface area contributed by atoms with E-state index in [2.05, 4.69) is 22.4 Å². The summed E-state index contributed by atoms with van der Waals surface area (Å²) in [6.45, 7) is 2.76. The Hall–Kier alpha value is -1.92. The van der Waals surface area contributed by atoms with Crippen LogP contribution in [0.25, 0.3) is 0 Å². The molecule has 2 aromatic heterocycles. The summed E-state index contributed by atoms with van der Waals surface area (Å²) >= 11 is 0. The summed E-state index contributed by atoms with van der Waals surface area (Å²) in [5.74, 6) is 0.433. The van der Waals surface area contributed by atoms with Gasteiger partial charge in [0.2, 0.25) is 0 Å². The van der Waals surface area contributed by atoms with E-state index in [0.717, 1.165) is 24.4 Å². The molecule has 19 heavy (non-hydrogen) atoms. The maximum Gasteiger partial charge on any atom is 0.333 e. The van der Waals surface area contributed by atoms with Crippen molar-refractivity contribution < 1.29 is 8.78 Å². The summed E-state index contributed by atoms with van der Waals surface area (Å²) in [4.78, 5) is 0. The number of halogens is 2. The zero-order valence-corrected chi connectivity index (χ0v) is 11.0. The lowest BCUT2D eigenvalue weighted by atomic mass is 10.3. The van der Waals surface area contributed by atoms with Crippen molar-refractivity contribution in [2.75, 3.05) is 5.32 Å². The molecule has 0 aliphatic carbocycles. The van der Waals surface area contributed by atoms with E-state index in [4.69, 9.17) is 0 Å². The summed E-state index contributed by atoms with van der Waals surface area (Å²) in [7, 11) is 0. The second-order valence-electron chi connectivity index (χ2n) is 4.31. The van der Waals surface area contributed by atoms with Gasteiger partial charge in [0.05, 0.1) is 17.9 Å². The highest BCUT2D eigenvalue weighted by atomic mass is 19.3. The van der Waals surface area contributed by atoms with Gasteiger partial charge in [-0.3, -0.25) is 4.68 Å². The molecule has 5 nitrogen and oxygen atoms in total. The van der Waals surface area contributed by atoms with Crippen LogP contribution in [0.4, 0.5) is 14.6 Å². The van der Waals surface area contributed by atoms with Crippen molar-refractivity contribution in [3.8, 4) is 0 Å². The SMILES string of the molecule is CCCn1nc(C)cc1CNc1ccn(C(F)F)n1. The van der Waals surface area contributed by atoms with Crippen LogP contribution in [0.15, 0.2) is 18.3 Å². The van der Waals surface area contributed by atoms with Gasteiger partial charge in [0.15, 0.2) is 0 Å². The van der Waals surface area contributed by atoms with Crippen LogP contribution >= 0.6 is 0 Å². The first-order chi connectivity index (χ1) is 9.10. The molecule has 0 saturated carbocycles. The van der Waals surface area contributed by atoms with Gasteiger partial charge in [-0.25, -0.2) is 4.68 Å². The van der Waals surface area contributed by atoms with Crippen LogP contribution in [0.2, 0.25) is 0 Å². The number of alkyl halides is 2. The Labute approximate surface area is 110 Å². The molecule has 0 spiro atoms. The lowest BCUT2D eigenvalue weighted by Gasteiger charge is -2.06. The van der Waals surface area contributed by atoms with Crippen molar-refractivity contribution in [2.24, 2.45) is 0 Å². The first-order valence-corrected chi connectivity index (χ1v) is 6.20. The molecule has 0 fully saturated rings. The minimum atomic E-state index is -2.61. The second-order valence-corrected chi connectivity index (χ2v) is 4.31. The third kappa shape index (κ3) is 3.30. The third-order valence-corrected chi connectivity index (χ3v) is 2.68. The van der Waals surface area contributed by atoms with Gasteiger partial charge in [0, 0.05) is 18.8 Å². The van der Waals surface area contributed by atoms with E-state index < -0.39 is 6.55 Å². The van der Waals surface area contributed by atoms with E-state index >= 15 is 0 Å². The normalized spacial score (nSPS) is 11.2. The fourth-order valence-electron chi connectivity index (χ4n) is 1.87. The molecule has 0 atom stereocenters. The van der Waals surface area contributed by atoms with Crippen molar-refractivity contribution in [2.45, 2.75) is 39.9 Å². The van der Waals surface area contributed by atoms with Crippen molar-refractivity contribution in [1.29, 1.82) is 0 Å². The van der Waals surface area contributed by atoms with Gasteiger partial charge in [-0.2, -0.15) is 19.0 Å². The molecule has 2 aromatic rings. The predicted molar refractivity (Wildman–Crippen MR) is 68.1 cm³/mol. The first kappa shape index (κ1) is 13.5. The van der Waals surface area contributed by atoms with Gasteiger partial charge in [-0.15, -0.1) is 0 Å². The molecule has 0 aromatic carbocycles. The largest absolute Gasteiger partial charge is 0.363 e. The van der Waals surface area contributed by atoms with Crippen LogP contribution in [0.3, 0.4) is 0 Å². The summed E-state index contributed by atoms with van der Waals surface area (Å²) in [6, 6.07) is 3.51. The Bertz CT molecular complexity index is 532. The first-order valence-electron chi connectivity index (χ1n) is 6.20. The quantitative estimate of drug-likeness (QED) is 0.877. The number of aryl methyl sites for hydroxylation is 2. The van der Waals surface area contributed by atoms with Crippen LogP contribution in [-0.2, 0) is 13.1 Å². The van der Waals surface area contributed by atoms with E-state index in [1.807, 2.05) is 17.7 Å². The lowest BCUT2D eigenvalue weighted by Crippen LogP contribution is -2.09. The molecular formula is C12H17F2N5. The molecule has 0 radical (unpaired) electrons. The maximum absolute atomic E-state index is 12.4. The lowest BCUT2D eigenvalue weighted by molar-refractivity contribution is 0.0569. The zero-order chi connectivity index (χ0) is 13.8. The second kappa shape index (κ2) is 5.81. The highest BCUT2D eigenvalue weighted by Crippen LogP contribution is 2.13. The molecule has 104 valence electrons. The van der Waals surface area contributed by atoms with Crippen LogP contribution < -0.4 is 5.32 Å². The number of rotatable bonds is 6. The Morgan fingerprint density at radius 2 is 2.16 bits per heavy atom. The van der Waals surface area contributed by atoms with Crippen LogP contribution in [0, 0.1) is 6.92 Å². The molecule has 2 heterocycles. The Balaban J connectivity index is 2.01. The Morgan fingerprint density at radius 3 is 2.79 bits per heavy atom. The van der Waals surface area contributed by atoms with E-state index in [9.17, 15) is 8.78 Å². The van der Waals surface area contributed by atoms with Crippen molar-refractivity contribution >= 4 is 5.82 Å². The highest BCUT2D eigenvalue weighted by molar-refractivity contribution is 5.33. The van der Waals surface area contributed by atoms with Gasteiger partial charge in [-0.1, -0.05) is 6.92 Å². The number of nitrogens with one attached hydrogen (secondary N) is 1. The molecule has 0 bridgehead atoms. The summed E-state index contributed by atoms with van der Waals surface area (Å²) in [5, 5.41) is 11.1. The van der Waals surface area contributed by atoms with Crippen molar-refractivity contribution in [3.63, 3.8) is 0 Å². The zero-order valence-electron chi connectivity index (χ0n) is 11.0. The molecule has 0 aliphatic heterocycles. The summed E-state index contributed by atoms with van der Waals surface area (Å²) < 4.78 is 27.3. The molecule has 7 heteroatoms. The summed E-state index contributed by atoms with van der Waals surface area (Å²) in [5.41, 5.74) is 1.97. The van der Waals surface area contributed by atoms with E-state index in [0.29, 0.717) is 17.0 Å². The topological polar surface area (TPSA) is 47.7 Å². The minimum Gasteiger partial charge on any atom is -0.363 e. The standard InChI is InChI=1S/C12H17F2N5/c1-3-5-18-10(7-9(2)16-18)8-15-11-4-6-19(17-11)12(13)14/h4,6-7,12H,3,5,8H2,1-2H3,(H,15,17). The third-order valence-electron chi connectivity index (χ3n) is 2.68. The number of hydrogen-bond donors (Lipinski definition) is 1. The Kier molecular flexibility index (Phi) is 4.13. The molecule has 0 saturated heterocycles. The minimum absolute atomic E-state index is 0.433. The molecule has 0 amide bonds. The van der Waals surface area contributed by atoms with Crippen LogP contribution in [-0.4, -0.2) is 19.6 Å². The Morgan fingerprint density at radius 1 is 1.37 bits per heavy atom. The van der Waals surface area contributed by atoms with Gasteiger partial charge >= 0.3 is 6.55 Å². The maximum atomic E-state index is 12.4. The molecule has 0 aliphatic rings. The van der Waals surface area contributed by atoms with Gasteiger partial charge in [-0.05, 0) is 19.4 Å². The summed E-state index contributed by atoms with van der Waals surface area (Å²) in [6.07, 6.45) is 2.25. The van der Waals surface area contributed by atoms with Crippen molar-refractivity contribution in [3.05, 3.63) is 29.7 Å². The number of anilines is 1. The predicted octanol–water partition coefficient (Wildman–Crippen LogP) is 2.81. The number of aromatic nitrogens is 4. The highest BCUT2D eigenvalue weighted by Gasteiger charge is 2.08. The molecule has 1 N–H and O–H groups in total. The van der Waals surface area contributed by atoms with Gasteiger partial charge < -0.3 is 5.32 Å². The molecule has 2 rings (SSSR count). The smallest absolute Gasteiger partial charge is 0.333 e. The van der Waals surface area contributed by atoms with Crippen LogP contribution in [0.5, 0.6) is 0 Å².